The predicted molar refractivity (Wildman–Crippen MR) is 105 cm³/mol. The van der Waals surface area contributed by atoms with Crippen molar-refractivity contribution < 1.29 is 19.0 Å². The number of benzene rings is 2. The molecule has 0 aliphatic heterocycles. The van der Waals surface area contributed by atoms with Gasteiger partial charge in [0.1, 0.15) is 12.4 Å². The van der Waals surface area contributed by atoms with E-state index in [9.17, 15) is 9.50 Å². The number of rotatable bonds is 11. The minimum Gasteiger partial charge on any atom is -0.493 e. The van der Waals surface area contributed by atoms with Gasteiger partial charge in [-0.3, -0.25) is 0 Å². The number of ether oxygens (including phenoxy) is 2. The average molecular weight is 397 g/mol. The highest BCUT2D eigenvalue weighted by Crippen LogP contribution is 2.30. The van der Waals surface area contributed by atoms with Crippen molar-refractivity contribution in [3.05, 3.63) is 58.4 Å². The van der Waals surface area contributed by atoms with Gasteiger partial charge in [-0.2, -0.15) is 0 Å². The molecule has 3 N–H and O–H groups in total. The van der Waals surface area contributed by atoms with Crippen molar-refractivity contribution in [1.29, 1.82) is 0 Å². The first-order chi connectivity index (χ1) is 13.0. The smallest absolute Gasteiger partial charge is 0.161 e. The Balaban J connectivity index is 1.88. The van der Waals surface area contributed by atoms with Gasteiger partial charge >= 0.3 is 0 Å². The molecular formula is C20H26ClFN2O3. The number of aliphatic hydroxyl groups is 1. The summed E-state index contributed by atoms with van der Waals surface area (Å²) in [7, 11) is 1.56. The van der Waals surface area contributed by atoms with Gasteiger partial charge in [-0.05, 0) is 36.8 Å². The second-order valence-electron chi connectivity index (χ2n) is 6.20. The lowest BCUT2D eigenvalue weighted by Crippen LogP contribution is -2.31. The van der Waals surface area contributed by atoms with E-state index in [1.165, 1.54) is 6.07 Å². The SMILES string of the molecule is COc1cc(CNCCNC[C@H](C)O)ccc1OCc1c(F)cccc1Cl. The summed E-state index contributed by atoms with van der Waals surface area (Å²) in [5, 5.41) is 16.0. The van der Waals surface area contributed by atoms with E-state index in [0.717, 1.165) is 18.7 Å². The highest BCUT2D eigenvalue weighted by atomic mass is 35.5. The molecule has 0 aliphatic carbocycles. The maximum Gasteiger partial charge on any atom is 0.161 e. The molecule has 0 aliphatic rings. The van der Waals surface area contributed by atoms with Crippen LogP contribution in [0.25, 0.3) is 0 Å². The van der Waals surface area contributed by atoms with Crippen molar-refractivity contribution in [1.82, 2.24) is 10.6 Å². The van der Waals surface area contributed by atoms with Crippen LogP contribution in [0.2, 0.25) is 5.02 Å². The molecule has 2 rings (SSSR count). The number of nitrogens with one attached hydrogen (secondary N) is 2. The zero-order valence-electron chi connectivity index (χ0n) is 15.6. The Morgan fingerprint density at radius 3 is 2.63 bits per heavy atom. The molecule has 0 fully saturated rings. The van der Waals surface area contributed by atoms with Crippen LogP contribution in [-0.2, 0) is 13.2 Å². The minimum atomic E-state index is -0.397. The molecular weight excluding hydrogens is 371 g/mol. The first kappa shape index (κ1) is 21.4. The summed E-state index contributed by atoms with van der Waals surface area (Å²) in [5.41, 5.74) is 1.36. The largest absolute Gasteiger partial charge is 0.493 e. The first-order valence-corrected chi connectivity index (χ1v) is 9.21. The van der Waals surface area contributed by atoms with Gasteiger partial charge in [0, 0.05) is 31.7 Å². The van der Waals surface area contributed by atoms with Gasteiger partial charge in [0.05, 0.1) is 18.2 Å². The van der Waals surface area contributed by atoms with Crippen molar-refractivity contribution in [2.45, 2.75) is 26.2 Å². The number of halogens is 2. The molecule has 148 valence electrons. The highest BCUT2D eigenvalue weighted by Gasteiger charge is 2.11. The molecule has 27 heavy (non-hydrogen) atoms. The molecule has 0 spiro atoms. The second-order valence-corrected chi connectivity index (χ2v) is 6.61. The fourth-order valence-electron chi connectivity index (χ4n) is 2.48. The van der Waals surface area contributed by atoms with Gasteiger partial charge in [0.15, 0.2) is 11.5 Å². The number of methoxy groups -OCH3 is 1. The lowest BCUT2D eigenvalue weighted by atomic mass is 10.2. The van der Waals surface area contributed by atoms with Gasteiger partial charge in [0.2, 0.25) is 0 Å². The van der Waals surface area contributed by atoms with Crippen molar-refractivity contribution in [3.63, 3.8) is 0 Å². The Labute approximate surface area is 164 Å². The normalized spacial score (nSPS) is 12.0. The van der Waals surface area contributed by atoms with Gasteiger partial charge in [-0.25, -0.2) is 4.39 Å². The van der Waals surface area contributed by atoms with Crippen LogP contribution in [0, 0.1) is 5.82 Å². The molecule has 0 radical (unpaired) electrons. The molecule has 2 aromatic carbocycles. The van der Waals surface area contributed by atoms with E-state index in [1.807, 2.05) is 12.1 Å². The molecule has 0 bridgehead atoms. The van der Waals surface area contributed by atoms with Crippen molar-refractivity contribution in [2.24, 2.45) is 0 Å². The third-order valence-corrected chi connectivity index (χ3v) is 4.26. The van der Waals surface area contributed by atoms with E-state index in [-0.39, 0.29) is 12.7 Å². The highest BCUT2D eigenvalue weighted by molar-refractivity contribution is 6.31. The summed E-state index contributed by atoms with van der Waals surface area (Å²) < 4.78 is 24.9. The fraction of sp³-hybridized carbons (Fsp3) is 0.400. The Morgan fingerprint density at radius 2 is 1.93 bits per heavy atom. The predicted octanol–water partition coefficient (Wildman–Crippen LogP) is 3.13. The van der Waals surface area contributed by atoms with Gasteiger partial charge < -0.3 is 25.2 Å². The number of hydrogen-bond donors (Lipinski definition) is 3. The van der Waals surface area contributed by atoms with Gasteiger partial charge in [-0.15, -0.1) is 0 Å². The Kier molecular flexibility index (Phi) is 8.81. The van der Waals surface area contributed by atoms with Crippen LogP contribution in [0.3, 0.4) is 0 Å². The molecule has 0 saturated carbocycles. The van der Waals surface area contributed by atoms with E-state index in [2.05, 4.69) is 10.6 Å². The first-order valence-electron chi connectivity index (χ1n) is 8.83. The molecule has 0 aromatic heterocycles. The summed E-state index contributed by atoms with van der Waals surface area (Å²) in [6.07, 6.45) is -0.346. The van der Waals surface area contributed by atoms with E-state index in [1.54, 1.807) is 32.2 Å². The quantitative estimate of drug-likeness (QED) is 0.509. The summed E-state index contributed by atoms with van der Waals surface area (Å²) in [6, 6.07) is 10.2. The number of aliphatic hydroxyl groups excluding tert-OH is 1. The van der Waals surface area contributed by atoms with Crippen molar-refractivity contribution in [3.8, 4) is 11.5 Å². The molecule has 2 aromatic rings. The lowest BCUT2D eigenvalue weighted by Gasteiger charge is -2.14. The van der Waals surface area contributed by atoms with Crippen LogP contribution in [0.5, 0.6) is 11.5 Å². The molecule has 0 heterocycles. The zero-order chi connectivity index (χ0) is 19.6. The number of hydrogen-bond acceptors (Lipinski definition) is 5. The van der Waals surface area contributed by atoms with Gasteiger partial charge in [-0.1, -0.05) is 23.7 Å². The molecule has 0 unspecified atom stereocenters. The molecule has 1 atom stereocenters. The van der Waals surface area contributed by atoms with Crippen LogP contribution in [-0.4, -0.2) is 38.0 Å². The van der Waals surface area contributed by atoms with E-state index < -0.39 is 5.82 Å². The standard InChI is InChI=1S/C20H26ClFN2O3/c1-14(25)11-23-8-9-24-12-15-6-7-19(20(10-15)26-2)27-13-16-17(21)4-3-5-18(16)22/h3-7,10,14,23-25H,8-9,11-13H2,1-2H3/t14-/m0/s1. The summed E-state index contributed by atoms with van der Waals surface area (Å²) in [4.78, 5) is 0. The van der Waals surface area contributed by atoms with Crippen molar-refractivity contribution >= 4 is 11.6 Å². The fourth-order valence-corrected chi connectivity index (χ4v) is 2.70. The van der Waals surface area contributed by atoms with Crippen LogP contribution >= 0.6 is 11.6 Å². The monoisotopic (exact) mass is 396 g/mol. The Bertz CT molecular complexity index is 708. The van der Waals surface area contributed by atoms with Crippen LogP contribution < -0.4 is 20.1 Å². The minimum absolute atomic E-state index is 0.0222. The Hall–Kier alpha value is -1.86. The van der Waals surface area contributed by atoms with Crippen LogP contribution in [0.1, 0.15) is 18.1 Å². The summed E-state index contributed by atoms with van der Waals surface area (Å²) in [5.74, 6) is 0.708. The molecule has 5 nitrogen and oxygen atoms in total. The third kappa shape index (κ3) is 6.99. The topological polar surface area (TPSA) is 62.8 Å². The molecule has 0 saturated heterocycles. The zero-order valence-corrected chi connectivity index (χ0v) is 16.4. The molecule has 0 amide bonds. The van der Waals surface area contributed by atoms with Crippen molar-refractivity contribution in [2.75, 3.05) is 26.7 Å². The van der Waals surface area contributed by atoms with Crippen LogP contribution in [0.4, 0.5) is 4.39 Å². The maximum atomic E-state index is 13.8. The van der Waals surface area contributed by atoms with E-state index >= 15 is 0 Å². The maximum absolute atomic E-state index is 13.8. The van der Waals surface area contributed by atoms with E-state index in [0.29, 0.717) is 35.2 Å². The summed E-state index contributed by atoms with van der Waals surface area (Å²) >= 11 is 6.03. The summed E-state index contributed by atoms with van der Waals surface area (Å²) in [6.45, 7) is 4.57. The third-order valence-electron chi connectivity index (χ3n) is 3.91. The van der Waals surface area contributed by atoms with Crippen LogP contribution in [0.15, 0.2) is 36.4 Å². The average Bonchev–Trinajstić information content (AvgIpc) is 2.64. The second kappa shape index (κ2) is 11.1. The Morgan fingerprint density at radius 1 is 1.15 bits per heavy atom. The van der Waals surface area contributed by atoms with Gasteiger partial charge in [0.25, 0.3) is 0 Å². The lowest BCUT2D eigenvalue weighted by molar-refractivity contribution is 0.191. The van der Waals surface area contributed by atoms with E-state index in [4.69, 9.17) is 21.1 Å². The molecule has 7 heteroatoms.